The van der Waals surface area contributed by atoms with Crippen LogP contribution in [0.3, 0.4) is 0 Å². The minimum absolute atomic E-state index is 0.00563. The molecular formula is C52H70F4N4O18. The molecule has 0 saturated carbocycles. The lowest BCUT2D eigenvalue weighted by molar-refractivity contribution is -0.142. The standard InChI is InChI=1S/C52H70F4N4O18/c1-70-17-18-71-19-20-72-21-22-73-23-24-74-25-26-75-27-28-77-44-30-39(52(69)78-51-49(55)42(53)31-43(54)50(51)56)7-6-38(44)3-2-16-76-41-8-4-37(5-9-41)29-40-32-59(35-47(65)66)13-12-57(33-45(61)62)10-11-58(34-46(63)64)14-15-60(40)36-48(67)68/h4-9,30-31,40H,2-3,10-29,32-36H2,1H3,(H,61,62)(H,63,64)(H,65,66)(H,67,68)/t40-/m0/s1. The number of carboxylic acid groups (broad SMARTS) is 4. The van der Waals surface area contributed by atoms with Gasteiger partial charge in [-0.3, -0.25) is 38.8 Å². The van der Waals surface area contributed by atoms with Crippen molar-refractivity contribution in [2.75, 3.05) is 165 Å². The van der Waals surface area contributed by atoms with E-state index in [1.165, 1.54) is 18.2 Å². The van der Waals surface area contributed by atoms with Crippen molar-refractivity contribution in [2.45, 2.75) is 25.3 Å². The maximum Gasteiger partial charge on any atom is 0.343 e. The molecule has 1 saturated heterocycles. The zero-order valence-electron chi connectivity index (χ0n) is 43.6. The van der Waals surface area contributed by atoms with Crippen molar-refractivity contribution in [3.63, 3.8) is 0 Å². The van der Waals surface area contributed by atoms with E-state index in [0.717, 1.165) is 5.56 Å². The van der Waals surface area contributed by atoms with Crippen LogP contribution in [-0.2, 0) is 60.4 Å². The van der Waals surface area contributed by atoms with E-state index >= 15 is 0 Å². The smallest absolute Gasteiger partial charge is 0.343 e. The Labute approximate surface area is 449 Å². The normalized spacial score (nSPS) is 15.3. The van der Waals surface area contributed by atoms with Gasteiger partial charge >= 0.3 is 29.8 Å². The van der Waals surface area contributed by atoms with Gasteiger partial charge < -0.3 is 63.1 Å². The largest absolute Gasteiger partial charge is 0.494 e. The molecular weight excluding hydrogens is 1040 g/mol. The maximum atomic E-state index is 14.4. The van der Waals surface area contributed by atoms with E-state index in [4.69, 9.17) is 42.6 Å². The minimum atomic E-state index is -1.89. The third-order valence-electron chi connectivity index (χ3n) is 11.8. The Morgan fingerprint density at radius 3 is 1.53 bits per heavy atom. The summed E-state index contributed by atoms with van der Waals surface area (Å²) in [7, 11) is 1.60. The van der Waals surface area contributed by atoms with Gasteiger partial charge in [-0.15, -0.1) is 0 Å². The lowest BCUT2D eigenvalue weighted by atomic mass is 10.0. The number of ether oxygens (including phenoxy) is 9. The molecule has 1 heterocycles. The first-order chi connectivity index (χ1) is 37.5. The topological polar surface area (TPSA) is 262 Å². The van der Waals surface area contributed by atoms with Crippen molar-refractivity contribution in [1.29, 1.82) is 0 Å². The molecule has 0 unspecified atom stereocenters. The van der Waals surface area contributed by atoms with Gasteiger partial charge in [0.2, 0.25) is 17.4 Å². The van der Waals surface area contributed by atoms with Crippen LogP contribution in [-0.4, -0.2) is 241 Å². The predicted octanol–water partition coefficient (Wildman–Crippen LogP) is 3.05. The van der Waals surface area contributed by atoms with Gasteiger partial charge in [-0.05, 0) is 54.7 Å². The van der Waals surface area contributed by atoms with E-state index in [2.05, 4.69) is 0 Å². The van der Waals surface area contributed by atoms with Gasteiger partial charge in [0.15, 0.2) is 11.6 Å². The maximum absolute atomic E-state index is 14.4. The zero-order chi connectivity index (χ0) is 56.7. The van der Waals surface area contributed by atoms with Crippen LogP contribution < -0.4 is 14.2 Å². The molecule has 1 aliphatic heterocycles. The van der Waals surface area contributed by atoms with Crippen LogP contribution in [0.15, 0.2) is 48.5 Å². The van der Waals surface area contributed by atoms with Crippen molar-refractivity contribution in [3.8, 4) is 17.2 Å². The van der Waals surface area contributed by atoms with E-state index in [1.54, 1.807) is 51.0 Å². The average Bonchev–Trinajstić information content (AvgIpc) is 3.41. The molecule has 1 fully saturated rings. The molecule has 434 valence electrons. The Balaban J connectivity index is 1.36. The Morgan fingerprint density at radius 2 is 1.01 bits per heavy atom. The van der Waals surface area contributed by atoms with Crippen molar-refractivity contribution in [2.24, 2.45) is 0 Å². The number of benzene rings is 3. The Hall–Kier alpha value is -6.07. The molecule has 78 heavy (non-hydrogen) atoms. The molecule has 22 nitrogen and oxygen atoms in total. The van der Waals surface area contributed by atoms with E-state index in [1.807, 2.05) is 0 Å². The molecule has 4 rings (SSSR count). The summed E-state index contributed by atoms with van der Waals surface area (Å²) in [5.41, 5.74) is 1.09. The van der Waals surface area contributed by atoms with E-state index in [0.29, 0.717) is 77.0 Å². The van der Waals surface area contributed by atoms with Crippen molar-refractivity contribution in [3.05, 3.63) is 88.5 Å². The van der Waals surface area contributed by atoms with Crippen LogP contribution >= 0.6 is 0 Å². The van der Waals surface area contributed by atoms with Gasteiger partial charge in [0, 0.05) is 65.0 Å². The lowest BCUT2D eigenvalue weighted by Crippen LogP contribution is -2.53. The van der Waals surface area contributed by atoms with Crippen LogP contribution in [0.1, 0.15) is 27.9 Å². The molecule has 26 heteroatoms. The highest BCUT2D eigenvalue weighted by molar-refractivity contribution is 5.91. The Bertz CT molecular complexity index is 2300. The second kappa shape index (κ2) is 36.2. The predicted molar refractivity (Wildman–Crippen MR) is 268 cm³/mol. The van der Waals surface area contributed by atoms with Crippen LogP contribution in [0, 0.1) is 23.3 Å². The number of esters is 1. The number of hydrogen-bond acceptors (Lipinski definition) is 18. The third kappa shape index (κ3) is 25.2. The zero-order valence-corrected chi connectivity index (χ0v) is 43.6. The van der Waals surface area contributed by atoms with Crippen LogP contribution in [0.2, 0.25) is 0 Å². The highest BCUT2D eigenvalue weighted by Crippen LogP contribution is 2.29. The van der Waals surface area contributed by atoms with Crippen LogP contribution in [0.5, 0.6) is 17.2 Å². The first-order valence-electron chi connectivity index (χ1n) is 25.2. The number of hydrogen-bond donors (Lipinski definition) is 4. The molecule has 0 aliphatic carbocycles. The van der Waals surface area contributed by atoms with Gasteiger partial charge in [-0.25, -0.2) is 13.6 Å². The highest BCUT2D eigenvalue weighted by atomic mass is 19.2. The quantitative estimate of drug-likeness (QED) is 0.0214. The van der Waals surface area contributed by atoms with E-state index in [9.17, 15) is 62.0 Å². The van der Waals surface area contributed by atoms with Crippen molar-refractivity contribution in [1.82, 2.24) is 19.6 Å². The summed E-state index contributed by atoms with van der Waals surface area (Å²) in [5.74, 6) is -14.0. The van der Waals surface area contributed by atoms with Gasteiger partial charge in [0.05, 0.1) is 111 Å². The molecule has 0 spiro atoms. The van der Waals surface area contributed by atoms with Gasteiger partial charge in [0.1, 0.15) is 18.1 Å². The monoisotopic (exact) mass is 1110 g/mol. The minimum Gasteiger partial charge on any atom is -0.494 e. The number of methoxy groups -OCH3 is 1. The fourth-order valence-electron chi connectivity index (χ4n) is 7.95. The van der Waals surface area contributed by atoms with Crippen LogP contribution in [0.25, 0.3) is 0 Å². The van der Waals surface area contributed by atoms with Crippen molar-refractivity contribution >= 4 is 29.8 Å². The molecule has 0 aromatic heterocycles. The number of aliphatic carboxylic acids is 4. The SMILES string of the molecule is COCCOCCOCCOCCOCCOCCOc1cc(C(=O)Oc2c(F)c(F)cc(F)c2F)ccc1CCCOc1ccc(C[C@H]2CN(CC(=O)O)CCN(CC(=O)O)CCN(CC(=O)O)CCN2CC(=O)O)cc1. The van der Waals surface area contributed by atoms with Crippen molar-refractivity contribution < 1.29 is 105 Å². The van der Waals surface area contributed by atoms with Gasteiger partial charge in [-0.1, -0.05) is 18.2 Å². The summed E-state index contributed by atoms with van der Waals surface area (Å²) in [6, 6.07) is 10.5. The number of carbonyl (C=O) groups is 5. The first-order valence-corrected chi connectivity index (χ1v) is 25.2. The summed E-state index contributed by atoms with van der Waals surface area (Å²) in [6.07, 6.45) is 0.999. The number of halogens is 4. The third-order valence-corrected chi connectivity index (χ3v) is 11.8. The van der Waals surface area contributed by atoms with E-state index < -0.39 is 78.0 Å². The number of carboxylic acids is 4. The Morgan fingerprint density at radius 1 is 0.538 bits per heavy atom. The molecule has 4 N–H and O–H groups in total. The summed E-state index contributed by atoms with van der Waals surface area (Å²) in [4.78, 5) is 67.1. The number of nitrogens with zero attached hydrogens (tertiary/aromatic N) is 4. The second-order valence-corrected chi connectivity index (χ2v) is 17.7. The van der Waals surface area contributed by atoms with E-state index in [-0.39, 0.29) is 116 Å². The highest BCUT2D eigenvalue weighted by Gasteiger charge is 2.28. The molecule has 0 radical (unpaired) electrons. The molecule has 1 aliphatic rings. The van der Waals surface area contributed by atoms with Gasteiger partial charge in [-0.2, -0.15) is 8.78 Å². The number of carbonyl (C=O) groups excluding carboxylic acids is 1. The van der Waals surface area contributed by atoms with Crippen LogP contribution in [0.4, 0.5) is 17.6 Å². The fourth-order valence-corrected chi connectivity index (χ4v) is 7.95. The fraction of sp³-hybridized carbons (Fsp3) is 0.558. The summed E-state index contributed by atoms with van der Waals surface area (Å²) in [6.45, 7) is 3.63. The molecule has 3 aromatic rings. The molecule has 3 aromatic carbocycles. The lowest BCUT2D eigenvalue weighted by Gasteiger charge is -2.37. The summed E-state index contributed by atoms with van der Waals surface area (Å²) < 4.78 is 106. The Kier molecular flexibility index (Phi) is 29.9. The second-order valence-electron chi connectivity index (χ2n) is 17.7. The van der Waals surface area contributed by atoms with Gasteiger partial charge in [0.25, 0.3) is 0 Å². The number of aryl methyl sites for hydroxylation is 1. The average molecular weight is 1120 g/mol. The molecule has 0 amide bonds. The summed E-state index contributed by atoms with van der Waals surface area (Å²) in [5, 5.41) is 38.8. The molecule has 1 atom stereocenters. The first kappa shape index (κ1) is 64.5. The summed E-state index contributed by atoms with van der Waals surface area (Å²) >= 11 is 0. The molecule has 0 bridgehead atoms. The number of rotatable bonds is 36.